The summed E-state index contributed by atoms with van der Waals surface area (Å²) >= 11 is 0. The first-order valence-corrected chi connectivity index (χ1v) is 7.16. The smallest absolute Gasteiger partial charge is 0.170 e. The first-order valence-electron chi connectivity index (χ1n) is 7.16. The normalized spacial score (nSPS) is 10.2. The fraction of sp³-hybridized carbons (Fsp3) is 0.278. The van der Waals surface area contributed by atoms with E-state index in [0.717, 1.165) is 17.9 Å². The molecule has 0 fully saturated rings. The minimum Gasteiger partial charge on any atom is -0.486 e. The van der Waals surface area contributed by atoms with Gasteiger partial charge < -0.3 is 9.47 Å². The van der Waals surface area contributed by atoms with Crippen LogP contribution in [-0.2, 0) is 4.79 Å². The summed E-state index contributed by atoms with van der Waals surface area (Å²) < 4.78 is 11.2. The molecule has 2 rings (SSSR count). The molecule has 2 aromatic carbocycles. The van der Waals surface area contributed by atoms with Crippen molar-refractivity contribution in [1.29, 1.82) is 0 Å². The average Bonchev–Trinajstić information content (AvgIpc) is 2.49. The lowest BCUT2D eigenvalue weighted by Gasteiger charge is -2.08. The topological polar surface area (TPSA) is 35.5 Å². The van der Waals surface area contributed by atoms with Gasteiger partial charge in [0.2, 0.25) is 0 Å². The van der Waals surface area contributed by atoms with Gasteiger partial charge in [0, 0.05) is 6.42 Å². The third kappa shape index (κ3) is 4.95. The number of carbonyl (C=O) groups excluding carboxylic acids is 1. The number of hydrogen-bond acceptors (Lipinski definition) is 3. The molecule has 2 aromatic rings. The van der Waals surface area contributed by atoms with E-state index < -0.39 is 0 Å². The van der Waals surface area contributed by atoms with Crippen molar-refractivity contribution in [3.05, 3.63) is 54.1 Å². The maximum atomic E-state index is 11.4. The van der Waals surface area contributed by atoms with Crippen LogP contribution in [0.25, 0.3) is 0 Å². The van der Waals surface area contributed by atoms with Gasteiger partial charge in [-0.3, -0.25) is 4.79 Å². The number of benzene rings is 2. The van der Waals surface area contributed by atoms with E-state index in [0.29, 0.717) is 12.2 Å². The Bertz CT molecular complexity index is 570. The molecule has 0 aliphatic rings. The quantitative estimate of drug-likeness (QED) is 0.749. The minimum atomic E-state index is 0.123. The Balaban J connectivity index is 1.89. The van der Waals surface area contributed by atoms with E-state index in [2.05, 4.69) is 0 Å². The first-order chi connectivity index (χ1) is 10.2. The molecule has 0 saturated heterocycles. The molecule has 0 aliphatic carbocycles. The summed E-state index contributed by atoms with van der Waals surface area (Å²) in [6.07, 6.45) is 1.42. The second-order valence-electron chi connectivity index (χ2n) is 4.96. The Morgan fingerprint density at radius 3 is 2.00 bits per heavy atom. The standard InChI is InChI=1S/C18H20O3/c1-3-4-15(19)13-20-16-9-11-18(12-10-16)21-17-7-5-14(2)6-8-17/h5-12H,3-4,13H2,1-2H3. The van der Waals surface area contributed by atoms with Crippen molar-refractivity contribution >= 4 is 5.78 Å². The van der Waals surface area contributed by atoms with Gasteiger partial charge in [-0.15, -0.1) is 0 Å². The zero-order chi connectivity index (χ0) is 15.1. The van der Waals surface area contributed by atoms with E-state index in [1.54, 1.807) is 0 Å². The Labute approximate surface area is 125 Å². The summed E-state index contributed by atoms with van der Waals surface area (Å²) in [5.74, 6) is 2.34. The van der Waals surface area contributed by atoms with Gasteiger partial charge in [0.25, 0.3) is 0 Å². The SMILES string of the molecule is CCCC(=O)COc1ccc(Oc2ccc(C)cc2)cc1. The van der Waals surface area contributed by atoms with Gasteiger partial charge in [-0.25, -0.2) is 0 Å². The molecule has 21 heavy (non-hydrogen) atoms. The molecule has 0 atom stereocenters. The fourth-order valence-electron chi connectivity index (χ4n) is 1.86. The molecule has 0 amide bonds. The van der Waals surface area contributed by atoms with Crippen LogP contribution in [0, 0.1) is 6.92 Å². The Hall–Kier alpha value is -2.29. The Morgan fingerprint density at radius 1 is 0.905 bits per heavy atom. The number of aryl methyl sites for hydroxylation is 1. The summed E-state index contributed by atoms with van der Waals surface area (Å²) in [6, 6.07) is 15.2. The second-order valence-corrected chi connectivity index (χ2v) is 4.96. The van der Waals surface area contributed by atoms with E-state index in [1.165, 1.54) is 5.56 Å². The van der Waals surface area contributed by atoms with Crippen molar-refractivity contribution in [1.82, 2.24) is 0 Å². The highest BCUT2D eigenvalue weighted by Gasteiger charge is 2.02. The van der Waals surface area contributed by atoms with Crippen LogP contribution in [0.15, 0.2) is 48.5 Å². The molecule has 0 aromatic heterocycles. The van der Waals surface area contributed by atoms with Crippen LogP contribution < -0.4 is 9.47 Å². The van der Waals surface area contributed by atoms with E-state index in [9.17, 15) is 4.79 Å². The van der Waals surface area contributed by atoms with E-state index in [1.807, 2.05) is 62.4 Å². The van der Waals surface area contributed by atoms with Gasteiger partial charge in [0.05, 0.1) is 0 Å². The summed E-state index contributed by atoms with van der Waals surface area (Å²) in [7, 11) is 0. The zero-order valence-corrected chi connectivity index (χ0v) is 12.5. The number of ketones is 1. The summed E-state index contributed by atoms with van der Waals surface area (Å²) in [5.41, 5.74) is 1.20. The Kier molecular flexibility index (Phi) is 5.38. The van der Waals surface area contributed by atoms with Gasteiger partial charge >= 0.3 is 0 Å². The lowest BCUT2D eigenvalue weighted by molar-refractivity contribution is -0.121. The second kappa shape index (κ2) is 7.48. The van der Waals surface area contributed by atoms with Gasteiger partial charge in [0.1, 0.15) is 23.9 Å². The van der Waals surface area contributed by atoms with Gasteiger partial charge in [-0.1, -0.05) is 24.6 Å². The van der Waals surface area contributed by atoms with Crippen molar-refractivity contribution < 1.29 is 14.3 Å². The highest BCUT2D eigenvalue weighted by molar-refractivity contribution is 5.79. The molecule has 0 unspecified atom stereocenters. The van der Waals surface area contributed by atoms with Crippen LogP contribution in [0.2, 0.25) is 0 Å². The number of rotatable bonds is 7. The van der Waals surface area contributed by atoms with Gasteiger partial charge in [-0.05, 0) is 49.7 Å². The summed E-state index contributed by atoms with van der Waals surface area (Å²) in [4.78, 5) is 11.4. The predicted octanol–water partition coefficient (Wildman–Crippen LogP) is 4.54. The van der Waals surface area contributed by atoms with Crippen LogP contribution in [0.5, 0.6) is 17.2 Å². The third-order valence-corrected chi connectivity index (χ3v) is 3.01. The monoisotopic (exact) mass is 284 g/mol. The molecule has 0 bridgehead atoms. The van der Waals surface area contributed by atoms with Crippen molar-refractivity contribution in [3.8, 4) is 17.2 Å². The van der Waals surface area contributed by atoms with Crippen LogP contribution in [0.4, 0.5) is 0 Å². The minimum absolute atomic E-state index is 0.123. The highest BCUT2D eigenvalue weighted by Crippen LogP contribution is 2.24. The third-order valence-electron chi connectivity index (χ3n) is 3.01. The summed E-state index contributed by atoms with van der Waals surface area (Å²) in [6.45, 7) is 4.15. The zero-order valence-electron chi connectivity index (χ0n) is 12.5. The van der Waals surface area contributed by atoms with Crippen LogP contribution in [0.1, 0.15) is 25.3 Å². The highest BCUT2D eigenvalue weighted by atomic mass is 16.5. The number of Topliss-reactive ketones (excluding diaryl/α,β-unsaturated/α-hetero) is 1. The lowest BCUT2D eigenvalue weighted by atomic mass is 10.2. The van der Waals surface area contributed by atoms with Gasteiger partial charge in [0.15, 0.2) is 5.78 Å². The average molecular weight is 284 g/mol. The molecule has 3 nitrogen and oxygen atoms in total. The van der Waals surface area contributed by atoms with Crippen molar-refractivity contribution in [3.63, 3.8) is 0 Å². The molecule has 0 N–H and O–H groups in total. The molecular formula is C18H20O3. The van der Waals surface area contributed by atoms with Crippen LogP contribution in [-0.4, -0.2) is 12.4 Å². The maximum absolute atomic E-state index is 11.4. The number of ether oxygens (including phenoxy) is 2. The summed E-state index contributed by atoms with van der Waals surface area (Å²) in [5, 5.41) is 0. The number of hydrogen-bond donors (Lipinski definition) is 0. The maximum Gasteiger partial charge on any atom is 0.170 e. The molecule has 0 heterocycles. The van der Waals surface area contributed by atoms with Crippen molar-refractivity contribution in [2.75, 3.05) is 6.61 Å². The van der Waals surface area contributed by atoms with Crippen LogP contribution >= 0.6 is 0 Å². The lowest BCUT2D eigenvalue weighted by Crippen LogP contribution is -2.10. The molecule has 0 radical (unpaired) electrons. The molecule has 110 valence electrons. The van der Waals surface area contributed by atoms with Gasteiger partial charge in [-0.2, -0.15) is 0 Å². The largest absolute Gasteiger partial charge is 0.486 e. The van der Waals surface area contributed by atoms with E-state index in [4.69, 9.17) is 9.47 Å². The molecular weight excluding hydrogens is 264 g/mol. The molecule has 0 spiro atoms. The molecule has 0 aliphatic heterocycles. The van der Waals surface area contributed by atoms with Crippen LogP contribution in [0.3, 0.4) is 0 Å². The first kappa shape index (κ1) is 15.1. The number of carbonyl (C=O) groups is 1. The fourth-order valence-corrected chi connectivity index (χ4v) is 1.86. The van der Waals surface area contributed by atoms with Crippen molar-refractivity contribution in [2.45, 2.75) is 26.7 Å². The Morgan fingerprint density at radius 2 is 1.43 bits per heavy atom. The predicted molar refractivity (Wildman–Crippen MR) is 83.1 cm³/mol. The molecule has 3 heteroatoms. The van der Waals surface area contributed by atoms with E-state index in [-0.39, 0.29) is 12.4 Å². The van der Waals surface area contributed by atoms with E-state index >= 15 is 0 Å². The van der Waals surface area contributed by atoms with Crippen molar-refractivity contribution in [2.24, 2.45) is 0 Å². The molecule has 0 saturated carbocycles.